The van der Waals surface area contributed by atoms with Gasteiger partial charge in [-0.25, -0.2) is 0 Å². The molecule has 8 nitrogen and oxygen atoms in total. The van der Waals surface area contributed by atoms with E-state index in [0.29, 0.717) is 13.1 Å². The second-order valence-corrected chi connectivity index (χ2v) is 9.91. The van der Waals surface area contributed by atoms with E-state index in [1.807, 2.05) is 29.2 Å². The molecule has 1 aromatic carbocycles. The van der Waals surface area contributed by atoms with E-state index in [1.165, 1.54) is 5.56 Å². The number of hydrogen-bond donors (Lipinski definition) is 1. The second kappa shape index (κ2) is 10.1. The van der Waals surface area contributed by atoms with Gasteiger partial charge in [0.05, 0.1) is 6.61 Å². The summed E-state index contributed by atoms with van der Waals surface area (Å²) in [6, 6.07) is 12.1. The van der Waals surface area contributed by atoms with Crippen molar-refractivity contribution in [3.8, 4) is 0 Å². The summed E-state index contributed by atoms with van der Waals surface area (Å²) < 4.78 is 0. The molecule has 33 heavy (non-hydrogen) atoms. The summed E-state index contributed by atoms with van der Waals surface area (Å²) in [5, 5.41) is 18.0. The number of β-amino-alcohol motifs (C(OH)–C–C–N with tert-alkyl or cyclic N) is 1. The third-order valence-corrected chi connectivity index (χ3v) is 6.64. The van der Waals surface area contributed by atoms with Crippen molar-refractivity contribution < 1.29 is 9.90 Å². The number of benzene rings is 1. The van der Waals surface area contributed by atoms with Crippen LogP contribution in [0.5, 0.6) is 0 Å². The van der Waals surface area contributed by atoms with Gasteiger partial charge in [-0.05, 0) is 35.2 Å². The molecule has 2 aromatic rings. The SMILES string of the molecule is CC(C)(C)c1ccc(C(=O)N2CCN(c3ccc(N4CCN(CCO)CC4)nn3)CC2)cc1. The van der Waals surface area contributed by atoms with Gasteiger partial charge in [0.1, 0.15) is 0 Å². The summed E-state index contributed by atoms with van der Waals surface area (Å²) in [6.07, 6.45) is 0. The fourth-order valence-corrected chi connectivity index (χ4v) is 4.43. The minimum atomic E-state index is 0.0814. The van der Waals surface area contributed by atoms with Gasteiger partial charge in [0.2, 0.25) is 0 Å². The Balaban J connectivity index is 1.29. The smallest absolute Gasteiger partial charge is 0.253 e. The van der Waals surface area contributed by atoms with Gasteiger partial charge < -0.3 is 19.8 Å². The molecule has 0 saturated carbocycles. The summed E-state index contributed by atoms with van der Waals surface area (Å²) in [4.78, 5) is 21.6. The molecule has 2 saturated heterocycles. The molecular weight excluding hydrogens is 416 g/mol. The molecule has 0 radical (unpaired) electrons. The van der Waals surface area contributed by atoms with Gasteiger partial charge in [0.25, 0.3) is 5.91 Å². The normalized spacial score (nSPS) is 18.0. The van der Waals surface area contributed by atoms with Gasteiger partial charge in [0, 0.05) is 64.5 Å². The summed E-state index contributed by atoms with van der Waals surface area (Å²) in [5.41, 5.74) is 2.07. The molecule has 2 fully saturated rings. The largest absolute Gasteiger partial charge is 0.395 e. The zero-order valence-electron chi connectivity index (χ0n) is 20.1. The Morgan fingerprint density at radius 3 is 1.79 bits per heavy atom. The Bertz CT molecular complexity index is 909. The molecule has 0 aliphatic carbocycles. The minimum absolute atomic E-state index is 0.0814. The highest BCUT2D eigenvalue weighted by atomic mass is 16.3. The van der Waals surface area contributed by atoms with Crippen LogP contribution < -0.4 is 9.80 Å². The van der Waals surface area contributed by atoms with E-state index in [2.05, 4.69) is 57.8 Å². The lowest BCUT2D eigenvalue weighted by molar-refractivity contribution is 0.0746. The predicted octanol–water partition coefficient (Wildman–Crippen LogP) is 1.85. The molecule has 1 N–H and O–H groups in total. The first kappa shape index (κ1) is 23.4. The summed E-state index contributed by atoms with van der Waals surface area (Å²) in [7, 11) is 0. The van der Waals surface area contributed by atoms with Crippen LogP contribution in [-0.4, -0.2) is 96.5 Å². The third kappa shape index (κ3) is 5.62. The van der Waals surface area contributed by atoms with Crippen LogP contribution in [0.25, 0.3) is 0 Å². The molecule has 4 rings (SSSR count). The standard InChI is InChI=1S/C25H36N6O2/c1-25(2,3)21-6-4-20(5-7-21)24(33)31-16-14-30(15-17-31)23-9-8-22(26-27-23)29-12-10-28(11-13-29)18-19-32/h4-9,32H,10-19H2,1-3H3. The van der Waals surface area contributed by atoms with Crippen LogP contribution in [0.4, 0.5) is 11.6 Å². The Morgan fingerprint density at radius 2 is 1.33 bits per heavy atom. The van der Waals surface area contributed by atoms with Gasteiger partial charge in [-0.3, -0.25) is 9.69 Å². The molecule has 1 aromatic heterocycles. The van der Waals surface area contributed by atoms with Crippen LogP contribution in [0.1, 0.15) is 36.7 Å². The van der Waals surface area contributed by atoms with Crippen molar-refractivity contribution in [3.63, 3.8) is 0 Å². The topological polar surface area (TPSA) is 76.0 Å². The molecule has 1 amide bonds. The number of aliphatic hydroxyl groups is 1. The Kier molecular flexibility index (Phi) is 7.14. The van der Waals surface area contributed by atoms with Crippen molar-refractivity contribution in [1.82, 2.24) is 20.0 Å². The number of anilines is 2. The average Bonchev–Trinajstić information content (AvgIpc) is 2.84. The quantitative estimate of drug-likeness (QED) is 0.742. The van der Waals surface area contributed by atoms with Crippen LogP contribution in [0.15, 0.2) is 36.4 Å². The zero-order chi connectivity index (χ0) is 23.4. The van der Waals surface area contributed by atoms with E-state index in [9.17, 15) is 4.79 Å². The first-order valence-electron chi connectivity index (χ1n) is 11.9. The van der Waals surface area contributed by atoms with Gasteiger partial charge in [0.15, 0.2) is 11.6 Å². The van der Waals surface area contributed by atoms with Crippen molar-refractivity contribution >= 4 is 17.5 Å². The van der Waals surface area contributed by atoms with Crippen LogP contribution in [-0.2, 0) is 5.41 Å². The molecule has 3 heterocycles. The first-order chi connectivity index (χ1) is 15.8. The molecule has 0 unspecified atom stereocenters. The molecular formula is C25H36N6O2. The number of hydrogen-bond acceptors (Lipinski definition) is 7. The van der Waals surface area contributed by atoms with Crippen LogP contribution >= 0.6 is 0 Å². The number of carbonyl (C=O) groups excluding carboxylic acids is 1. The lowest BCUT2D eigenvalue weighted by Crippen LogP contribution is -2.49. The summed E-state index contributed by atoms with van der Waals surface area (Å²) in [5.74, 6) is 1.85. The second-order valence-electron chi connectivity index (χ2n) is 9.91. The van der Waals surface area contributed by atoms with E-state index < -0.39 is 0 Å². The molecule has 178 valence electrons. The number of piperazine rings is 2. The van der Waals surface area contributed by atoms with Crippen LogP contribution in [0.3, 0.4) is 0 Å². The number of rotatable bonds is 5. The van der Waals surface area contributed by atoms with E-state index in [4.69, 9.17) is 5.11 Å². The zero-order valence-corrected chi connectivity index (χ0v) is 20.1. The van der Waals surface area contributed by atoms with Gasteiger partial charge in [-0.2, -0.15) is 0 Å². The number of carbonyl (C=O) groups is 1. The summed E-state index contributed by atoms with van der Waals surface area (Å²) >= 11 is 0. The highest BCUT2D eigenvalue weighted by molar-refractivity contribution is 5.94. The van der Waals surface area contributed by atoms with E-state index >= 15 is 0 Å². The monoisotopic (exact) mass is 452 g/mol. The fourth-order valence-electron chi connectivity index (χ4n) is 4.43. The third-order valence-electron chi connectivity index (χ3n) is 6.64. The Hall–Kier alpha value is -2.71. The highest BCUT2D eigenvalue weighted by Crippen LogP contribution is 2.23. The minimum Gasteiger partial charge on any atom is -0.395 e. The predicted molar refractivity (Wildman–Crippen MR) is 131 cm³/mol. The van der Waals surface area contributed by atoms with Crippen molar-refractivity contribution in [2.45, 2.75) is 26.2 Å². The van der Waals surface area contributed by atoms with Crippen molar-refractivity contribution in [1.29, 1.82) is 0 Å². The molecule has 2 aliphatic heterocycles. The number of aromatic nitrogens is 2. The molecule has 2 aliphatic rings. The van der Waals surface area contributed by atoms with Crippen molar-refractivity contribution in [2.24, 2.45) is 0 Å². The maximum Gasteiger partial charge on any atom is 0.253 e. The average molecular weight is 453 g/mol. The van der Waals surface area contributed by atoms with E-state index in [0.717, 1.165) is 63.0 Å². The van der Waals surface area contributed by atoms with E-state index in [-0.39, 0.29) is 17.9 Å². The van der Waals surface area contributed by atoms with Gasteiger partial charge in [-0.1, -0.05) is 32.9 Å². The fraction of sp³-hybridized carbons (Fsp3) is 0.560. The first-order valence-corrected chi connectivity index (χ1v) is 11.9. The maximum atomic E-state index is 12.9. The molecule has 8 heteroatoms. The Labute approximate surface area is 196 Å². The lowest BCUT2D eigenvalue weighted by Gasteiger charge is -2.36. The molecule has 0 atom stereocenters. The van der Waals surface area contributed by atoms with Crippen molar-refractivity contribution in [2.75, 3.05) is 75.3 Å². The van der Waals surface area contributed by atoms with Crippen molar-refractivity contribution in [3.05, 3.63) is 47.5 Å². The Morgan fingerprint density at radius 1 is 0.818 bits per heavy atom. The van der Waals surface area contributed by atoms with Gasteiger partial charge >= 0.3 is 0 Å². The number of nitrogens with zero attached hydrogens (tertiary/aromatic N) is 6. The van der Waals surface area contributed by atoms with Crippen LogP contribution in [0.2, 0.25) is 0 Å². The van der Waals surface area contributed by atoms with Gasteiger partial charge in [-0.15, -0.1) is 10.2 Å². The lowest BCUT2D eigenvalue weighted by atomic mass is 9.86. The molecule has 0 spiro atoms. The highest BCUT2D eigenvalue weighted by Gasteiger charge is 2.24. The number of amides is 1. The van der Waals surface area contributed by atoms with E-state index in [1.54, 1.807) is 0 Å². The van der Waals surface area contributed by atoms with Crippen LogP contribution in [0, 0.1) is 0 Å². The maximum absolute atomic E-state index is 12.9. The molecule has 0 bridgehead atoms. The summed E-state index contributed by atoms with van der Waals surface area (Å²) in [6.45, 7) is 14.0. The number of aliphatic hydroxyl groups excluding tert-OH is 1.